The summed E-state index contributed by atoms with van der Waals surface area (Å²) in [6.45, 7) is 2.44. The topological polar surface area (TPSA) is 34.1 Å². The van der Waals surface area contributed by atoms with E-state index in [1.54, 1.807) is 34.8 Å². The van der Waals surface area contributed by atoms with Crippen molar-refractivity contribution >= 4 is 22.7 Å². The highest BCUT2D eigenvalue weighted by molar-refractivity contribution is 7.09. The van der Waals surface area contributed by atoms with Gasteiger partial charge in [0.25, 0.3) is 0 Å². The lowest BCUT2D eigenvalue weighted by molar-refractivity contribution is 0.410. The van der Waals surface area contributed by atoms with Crippen LogP contribution in [0.2, 0.25) is 0 Å². The van der Waals surface area contributed by atoms with Gasteiger partial charge >= 0.3 is 0 Å². The highest BCUT2D eigenvalue weighted by Gasteiger charge is 2.16. The molecule has 3 nitrogen and oxygen atoms in total. The zero-order chi connectivity index (χ0) is 16.9. The molecule has 3 aromatic rings. The summed E-state index contributed by atoms with van der Waals surface area (Å²) in [5, 5.41) is 10.8. The Balaban J connectivity index is 1.74. The van der Waals surface area contributed by atoms with Crippen LogP contribution >= 0.6 is 22.7 Å². The fourth-order valence-corrected chi connectivity index (χ4v) is 4.01. The number of rotatable bonds is 7. The molecule has 126 valence electrons. The van der Waals surface area contributed by atoms with Crippen LogP contribution in [0.1, 0.15) is 27.9 Å². The number of hydrogen-bond acceptors (Lipinski definition) is 5. The van der Waals surface area contributed by atoms with Gasteiger partial charge in [0.15, 0.2) is 0 Å². The first-order valence-electron chi connectivity index (χ1n) is 7.64. The molecular formula is C18H19FN2OS2. The van der Waals surface area contributed by atoms with E-state index in [4.69, 9.17) is 4.74 Å². The Hall–Kier alpha value is -1.76. The molecule has 0 radical (unpaired) electrons. The van der Waals surface area contributed by atoms with Gasteiger partial charge in [0.1, 0.15) is 16.6 Å². The van der Waals surface area contributed by atoms with Gasteiger partial charge in [-0.05, 0) is 41.8 Å². The van der Waals surface area contributed by atoms with E-state index < -0.39 is 0 Å². The van der Waals surface area contributed by atoms with Gasteiger partial charge in [-0.15, -0.1) is 11.3 Å². The molecule has 2 aromatic heterocycles. The van der Waals surface area contributed by atoms with Crippen LogP contribution in [0.5, 0.6) is 5.75 Å². The number of thiazole rings is 1. The third-order valence-corrected chi connectivity index (χ3v) is 5.56. The quantitative estimate of drug-likeness (QED) is 0.659. The number of benzene rings is 1. The standard InChI is InChI=1S/C18H19FN2OS2/c1-12-10-24-18(21-12)17(7-13-5-6-23-11-13)20-9-14-3-4-15(22-2)8-16(14)19/h3-6,8,10-11,17,20H,7,9H2,1-2H3/t17-/m1/s1. The number of thiophene rings is 1. The van der Waals surface area contributed by atoms with Crippen LogP contribution in [-0.4, -0.2) is 12.1 Å². The van der Waals surface area contributed by atoms with E-state index in [1.807, 2.05) is 12.3 Å². The van der Waals surface area contributed by atoms with Crippen LogP contribution < -0.4 is 10.1 Å². The number of nitrogens with zero attached hydrogens (tertiary/aromatic N) is 1. The van der Waals surface area contributed by atoms with Gasteiger partial charge in [0.05, 0.1) is 13.2 Å². The molecule has 1 aromatic carbocycles. The first-order valence-corrected chi connectivity index (χ1v) is 9.47. The van der Waals surface area contributed by atoms with E-state index in [1.165, 1.54) is 18.7 Å². The maximum Gasteiger partial charge on any atom is 0.131 e. The van der Waals surface area contributed by atoms with E-state index in [0.29, 0.717) is 17.9 Å². The summed E-state index contributed by atoms with van der Waals surface area (Å²) in [6.07, 6.45) is 0.841. The molecule has 2 heterocycles. The second-order valence-corrected chi connectivity index (χ2v) is 7.22. The average molecular weight is 362 g/mol. The SMILES string of the molecule is COc1ccc(CN[C@H](Cc2ccsc2)c2nc(C)cs2)c(F)c1. The molecule has 1 N–H and O–H groups in total. The summed E-state index contributed by atoms with van der Waals surface area (Å²) in [7, 11) is 1.54. The van der Waals surface area contributed by atoms with Gasteiger partial charge < -0.3 is 10.1 Å². The molecule has 0 saturated carbocycles. The van der Waals surface area contributed by atoms with Gasteiger partial charge in [0.2, 0.25) is 0 Å². The first-order chi connectivity index (χ1) is 11.7. The maximum atomic E-state index is 14.1. The van der Waals surface area contributed by atoms with E-state index in [0.717, 1.165) is 17.1 Å². The third kappa shape index (κ3) is 4.20. The number of methoxy groups -OCH3 is 1. The minimum atomic E-state index is -0.258. The number of aromatic nitrogens is 1. The molecule has 0 aliphatic carbocycles. The Morgan fingerprint density at radius 3 is 2.79 bits per heavy atom. The zero-order valence-electron chi connectivity index (χ0n) is 13.6. The summed E-state index contributed by atoms with van der Waals surface area (Å²) in [5.41, 5.74) is 2.91. The molecule has 3 rings (SSSR count). The summed E-state index contributed by atoms with van der Waals surface area (Å²) in [4.78, 5) is 4.60. The van der Waals surface area contributed by atoms with Crippen molar-refractivity contribution in [3.8, 4) is 5.75 Å². The smallest absolute Gasteiger partial charge is 0.131 e. The predicted molar refractivity (Wildman–Crippen MR) is 97.4 cm³/mol. The summed E-state index contributed by atoms with van der Waals surface area (Å²) < 4.78 is 19.2. The summed E-state index contributed by atoms with van der Waals surface area (Å²) >= 11 is 3.33. The van der Waals surface area contributed by atoms with Crippen molar-refractivity contribution in [3.05, 3.63) is 68.1 Å². The lowest BCUT2D eigenvalue weighted by atomic mass is 10.1. The van der Waals surface area contributed by atoms with E-state index >= 15 is 0 Å². The van der Waals surface area contributed by atoms with Crippen LogP contribution in [0, 0.1) is 12.7 Å². The van der Waals surface area contributed by atoms with Gasteiger partial charge in [-0.1, -0.05) is 6.07 Å². The van der Waals surface area contributed by atoms with Gasteiger partial charge in [-0.25, -0.2) is 9.37 Å². The van der Waals surface area contributed by atoms with Crippen LogP contribution in [-0.2, 0) is 13.0 Å². The largest absolute Gasteiger partial charge is 0.497 e. The minimum absolute atomic E-state index is 0.0693. The molecule has 0 fully saturated rings. The molecule has 24 heavy (non-hydrogen) atoms. The van der Waals surface area contributed by atoms with Crippen molar-refractivity contribution in [2.75, 3.05) is 7.11 Å². The second kappa shape index (κ2) is 7.88. The van der Waals surface area contributed by atoms with Crippen molar-refractivity contribution in [1.82, 2.24) is 10.3 Å². The summed E-state index contributed by atoms with van der Waals surface area (Å²) in [6, 6.07) is 7.14. The molecule has 6 heteroatoms. The minimum Gasteiger partial charge on any atom is -0.497 e. The van der Waals surface area contributed by atoms with Crippen LogP contribution in [0.4, 0.5) is 4.39 Å². The van der Waals surface area contributed by atoms with Gasteiger partial charge in [0, 0.05) is 29.2 Å². The lowest BCUT2D eigenvalue weighted by Crippen LogP contribution is -2.23. The van der Waals surface area contributed by atoms with Gasteiger partial charge in [-0.3, -0.25) is 0 Å². The van der Waals surface area contributed by atoms with Crippen molar-refractivity contribution in [1.29, 1.82) is 0 Å². The first kappa shape index (κ1) is 17.1. The number of hydrogen-bond donors (Lipinski definition) is 1. The average Bonchev–Trinajstić information content (AvgIpc) is 3.23. The second-order valence-electron chi connectivity index (χ2n) is 5.55. The molecule has 0 aliphatic heterocycles. The zero-order valence-corrected chi connectivity index (χ0v) is 15.2. The van der Waals surface area contributed by atoms with Crippen molar-refractivity contribution in [2.45, 2.75) is 25.9 Å². The Labute approximate surface area is 149 Å². The molecule has 0 spiro atoms. The Morgan fingerprint density at radius 1 is 1.29 bits per heavy atom. The molecule has 1 atom stereocenters. The molecule has 0 bridgehead atoms. The fraction of sp³-hybridized carbons (Fsp3) is 0.278. The molecule has 0 amide bonds. The highest BCUT2D eigenvalue weighted by Crippen LogP contribution is 2.24. The number of aryl methyl sites for hydroxylation is 1. The predicted octanol–water partition coefficient (Wildman–Crippen LogP) is 4.73. The maximum absolute atomic E-state index is 14.1. The van der Waals surface area contributed by atoms with Crippen LogP contribution in [0.15, 0.2) is 40.4 Å². The van der Waals surface area contributed by atoms with Crippen molar-refractivity contribution in [3.63, 3.8) is 0 Å². The normalized spacial score (nSPS) is 12.3. The third-order valence-electron chi connectivity index (χ3n) is 3.75. The van der Waals surface area contributed by atoms with Crippen LogP contribution in [0.25, 0.3) is 0 Å². The van der Waals surface area contributed by atoms with E-state index in [2.05, 4.69) is 27.1 Å². The monoisotopic (exact) mass is 362 g/mol. The Morgan fingerprint density at radius 2 is 2.17 bits per heavy atom. The molecule has 0 saturated heterocycles. The lowest BCUT2D eigenvalue weighted by Gasteiger charge is -2.17. The Bertz CT molecular complexity index is 786. The molecule has 0 aliphatic rings. The van der Waals surface area contributed by atoms with Crippen molar-refractivity contribution in [2.24, 2.45) is 0 Å². The number of halogens is 1. The molecule has 0 unspecified atom stereocenters. The van der Waals surface area contributed by atoms with E-state index in [9.17, 15) is 4.39 Å². The number of nitrogens with one attached hydrogen (secondary N) is 1. The summed E-state index contributed by atoms with van der Waals surface area (Å²) in [5.74, 6) is 0.271. The fourth-order valence-electron chi connectivity index (χ4n) is 2.46. The van der Waals surface area contributed by atoms with E-state index in [-0.39, 0.29) is 11.9 Å². The van der Waals surface area contributed by atoms with Gasteiger partial charge in [-0.2, -0.15) is 11.3 Å². The highest BCUT2D eigenvalue weighted by atomic mass is 32.1. The van der Waals surface area contributed by atoms with Crippen molar-refractivity contribution < 1.29 is 9.13 Å². The number of ether oxygens (including phenoxy) is 1. The molecular weight excluding hydrogens is 343 g/mol. The Kier molecular flexibility index (Phi) is 5.60. The van der Waals surface area contributed by atoms with Crippen LogP contribution in [0.3, 0.4) is 0 Å².